The molecule has 0 atom stereocenters. The standard InChI is InChI=1S/C18H15ClFN3O3/c19-15-4-2-1-3-13(15)16(24)10-26-18(25)14(9-21)17(22)23-12-7-5-11(20)6-8-12/h1-9H,10,21H2,(H2,22,23). The largest absolute Gasteiger partial charge is 0.454 e. The van der Waals surface area contributed by atoms with Gasteiger partial charge in [0.15, 0.2) is 6.61 Å². The van der Waals surface area contributed by atoms with Gasteiger partial charge >= 0.3 is 5.97 Å². The van der Waals surface area contributed by atoms with Crippen LogP contribution in [0.4, 0.5) is 10.1 Å². The molecule has 0 heterocycles. The Hall–Kier alpha value is -3.19. The summed E-state index contributed by atoms with van der Waals surface area (Å²) in [5.41, 5.74) is 11.5. The number of aliphatic imine (C=N–C) groups is 1. The summed E-state index contributed by atoms with van der Waals surface area (Å²) in [4.78, 5) is 28.1. The van der Waals surface area contributed by atoms with Crippen LogP contribution in [0.15, 0.2) is 65.3 Å². The highest BCUT2D eigenvalue weighted by Crippen LogP contribution is 2.16. The van der Waals surface area contributed by atoms with Crippen molar-refractivity contribution >= 4 is 34.9 Å². The van der Waals surface area contributed by atoms with E-state index in [0.717, 1.165) is 6.20 Å². The van der Waals surface area contributed by atoms with E-state index < -0.39 is 24.2 Å². The molecule has 0 bridgehead atoms. The zero-order valence-electron chi connectivity index (χ0n) is 13.5. The molecular weight excluding hydrogens is 361 g/mol. The van der Waals surface area contributed by atoms with Crippen molar-refractivity contribution < 1.29 is 18.7 Å². The Morgan fingerprint density at radius 1 is 1.15 bits per heavy atom. The number of hydrogen-bond acceptors (Lipinski definition) is 5. The average molecular weight is 376 g/mol. The molecule has 0 amide bonds. The van der Waals surface area contributed by atoms with E-state index in [1.54, 1.807) is 18.2 Å². The van der Waals surface area contributed by atoms with Crippen molar-refractivity contribution in [2.24, 2.45) is 16.5 Å². The van der Waals surface area contributed by atoms with Crippen LogP contribution in [0.1, 0.15) is 10.4 Å². The molecule has 0 unspecified atom stereocenters. The van der Waals surface area contributed by atoms with Crippen LogP contribution in [0.3, 0.4) is 0 Å². The summed E-state index contributed by atoms with van der Waals surface area (Å²) in [6.45, 7) is -0.538. The number of halogens is 2. The highest BCUT2D eigenvalue weighted by atomic mass is 35.5. The number of nitrogens with zero attached hydrogens (tertiary/aromatic N) is 1. The van der Waals surface area contributed by atoms with Gasteiger partial charge in [0.25, 0.3) is 0 Å². The lowest BCUT2D eigenvalue weighted by Gasteiger charge is -2.08. The summed E-state index contributed by atoms with van der Waals surface area (Å²) in [5.74, 6) is -2.06. The first-order valence-electron chi connectivity index (χ1n) is 7.39. The van der Waals surface area contributed by atoms with Crippen molar-refractivity contribution in [3.8, 4) is 0 Å². The minimum absolute atomic E-state index is 0.221. The van der Waals surface area contributed by atoms with E-state index in [2.05, 4.69) is 4.99 Å². The van der Waals surface area contributed by atoms with Gasteiger partial charge in [-0.05, 0) is 36.4 Å². The lowest BCUT2D eigenvalue weighted by Crippen LogP contribution is -2.25. The molecule has 6 nitrogen and oxygen atoms in total. The maximum absolute atomic E-state index is 12.9. The van der Waals surface area contributed by atoms with Crippen LogP contribution in [-0.4, -0.2) is 24.2 Å². The molecule has 134 valence electrons. The third-order valence-corrected chi connectivity index (χ3v) is 3.58. The number of rotatable bonds is 6. The lowest BCUT2D eigenvalue weighted by molar-refractivity contribution is -0.137. The summed E-state index contributed by atoms with van der Waals surface area (Å²) in [6.07, 6.45) is 0.921. The number of amidine groups is 1. The molecule has 0 aliphatic carbocycles. The van der Waals surface area contributed by atoms with Crippen LogP contribution >= 0.6 is 11.6 Å². The van der Waals surface area contributed by atoms with E-state index in [0.29, 0.717) is 5.69 Å². The Morgan fingerprint density at radius 3 is 2.42 bits per heavy atom. The number of benzene rings is 2. The molecule has 0 aliphatic rings. The van der Waals surface area contributed by atoms with Gasteiger partial charge in [-0.25, -0.2) is 14.2 Å². The smallest absolute Gasteiger partial charge is 0.343 e. The van der Waals surface area contributed by atoms with Gasteiger partial charge in [-0.1, -0.05) is 23.7 Å². The molecule has 0 aliphatic heterocycles. The SMILES string of the molecule is NC=C(C(=O)OCC(=O)c1ccccc1Cl)C(N)=Nc1ccc(F)cc1. The Morgan fingerprint density at radius 2 is 1.81 bits per heavy atom. The second kappa shape index (κ2) is 8.77. The number of carbonyl (C=O) groups is 2. The topological polar surface area (TPSA) is 108 Å². The van der Waals surface area contributed by atoms with Gasteiger partial charge in [0.2, 0.25) is 5.78 Å². The van der Waals surface area contributed by atoms with Crippen molar-refractivity contribution in [2.45, 2.75) is 0 Å². The van der Waals surface area contributed by atoms with Crippen molar-refractivity contribution in [3.63, 3.8) is 0 Å². The van der Waals surface area contributed by atoms with Crippen molar-refractivity contribution in [1.29, 1.82) is 0 Å². The molecule has 26 heavy (non-hydrogen) atoms. The molecule has 0 saturated carbocycles. The van der Waals surface area contributed by atoms with Crippen LogP contribution in [-0.2, 0) is 9.53 Å². The van der Waals surface area contributed by atoms with Crippen LogP contribution < -0.4 is 11.5 Å². The van der Waals surface area contributed by atoms with Crippen LogP contribution in [0.25, 0.3) is 0 Å². The van der Waals surface area contributed by atoms with Gasteiger partial charge < -0.3 is 16.2 Å². The van der Waals surface area contributed by atoms with Gasteiger partial charge in [-0.2, -0.15) is 0 Å². The van der Waals surface area contributed by atoms with Crippen LogP contribution in [0.5, 0.6) is 0 Å². The van der Waals surface area contributed by atoms with E-state index >= 15 is 0 Å². The third-order valence-electron chi connectivity index (χ3n) is 3.25. The summed E-state index contributed by atoms with van der Waals surface area (Å²) in [7, 11) is 0. The first-order valence-corrected chi connectivity index (χ1v) is 7.77. The van der Waals surface area contributed by atoms with E-state index in [9.17, 15) is 14.0 Å². The normalized spacial score (nSPS) is 11.9. The second-order valence-corrected chi connectivity index (χ2v) is 5.44. The summed E-state index contributed by atoms with van der Waals surface area (Å²) in [5, 5.41) is 0.250. The monoisotopic (exact) mass is 375 g/mol. The maximum Gasteiger partial charge on any atom is 0.343 e. The molecule has 2 aromatic carbocycles. The number of esters is 1. The fourth-order valence-electron chi connectivity index (χ4n) is 1.95. The zero-order valence-corrected chi connectivity index (χ0v) is 14.2. The third kappa shape index (κ3) is 4.90. The van der Waals surface area contributed by atoms with E-state index in [-0.39, 0.29) is 22.0 Å². The maximum atomic E-state index is 12.9. The van der Waals surface area contributed by atoms with Crippen molar-refractivity contribution in [3.05, 3.63) is 76.7 Å². The number of ketones is 1. The van der Waals surface area contributed by atoms with Crippen molar-refractivity contribution in [1.82, 2.24) is 0 Å². The number of carbonyl (C=O) groups excluding carboxylic acids is 2. The number of Topliss-reactive ketones (excluding diaryl/α,β-unsaturated/α-hetero) is 1. The Bertz CT molecular complexity index is 880. The van der Waals surface area contributed by atoms with Gasteiger partial charge in [0.1, 0.15) is 17.2 Å². The molecule has 8 heteroatoms. The van der Waals surface area contributed by atoms with Crippen molar-refractivity contribution in [2.75, 3.05) is 6.61 Å². The lowest BCUT2D eigenvalue weighted by atomic mass is 10.1. The molecule has 2 aromatic rings. The first kappa shape index (κ1) is 19.1. The summed E-state index contributed by atoms with van der Waals surface area (Å²) in [6, 6.07) is 11.5. The second-order valence-electron chi connectivity index (χ2n) is 5.03. The van der Waals surface area contributed by atoms with Gasteiger partial charge in [-0.15, -0.1) is 0 Å². The highest BCUT2D eigenvalue weighted by molar-refractivity contribution is 6.34. The Balaban J connectivity index is 2.05. The van der Waals surface area contributed by atoms with E-state index in [4.69, 9.17) is 27.8 Å². The van der Waals surface area contributed by atoms with Crippen LogP contribution in [0, 0.1) is 5.82 Å². The minimum Gasteiger partial charge on any atom is -0.454 e. The molecule has 4 N–H and O–H groups in total. The molecular formula is C18H15ClFN3O3. The quantitative estimate of drug-likeness (QED) is 0.265. The highest BCUT2D eigenvalue weighted by Gasteiger charge is 2.18. The predicted molar refractivity (Wildman–Crippen MR) is 96.7 cm³/mol. The molecule has 0 aromatic heterocycles. The predicted octanol–water partition coefficient (Wildman–Crippen LogP) is 2.74. The minimum atomic E-state index is -0.920. The average Bonchev–Trinajstić information content (AvgIpc) is 2.62. The Kier molecular flexibility index (Phi) is 6.46. The van der Waals surface area contributed by atoms with Crippen LogP contribution in [0.2, 0.25) is 5.02 Å². The number of hydrogen-bond donors (Lipinski definition) is 2. The number of ether oxygens (including phenoxy) is 1. The molecule has 0 saturated heterocycles. The Labute approximate surface area is 153 Å². The molecule has 0 fully saturated rings. The molecule has 0 spiro atoms. The molecule has 0 radical (unpaired) electrons. The van der Waals surface area contributed by atoms with Gasteiger partial charge in [-0.3, -0.25) is 4.79 Å². The zero-order chi connectivity index (χ0) is 19.1. The summed E-state index contributed by atoms with van der Waals surface area (Å²) < 4.78 is 17.8. The van der Waals surface area contributed by atoms with Gasteiger partial charge in [0, 0.05) is 11.8 Å². The first-order chi connectivity index (χ1) is 12.4. The van der Waals surface area contributed by atoms with E-state index in [1.165, 1.54) is 30.3 Å². The fourth-order valence-corrected chi connectivity index (χ4v) is 2.19. The number of nitrogens with two attached hydrogens (primary N) is 2. The van der Waals surface area contributed by atoms with E-state index in [1.807, 2.05) is 0 Å². The fraction of sp³-hybridized carbons (Fsp3) is 0.0556. The summed E-state index contributed by atoms with van der Waals surface area (Å²) >= 11 is 5.92. The van der Waals surface area contributed by atoms with Gasteiger partial charge in [0.05, 0.1) is 10.7 Å². The molecule has 2 rings (SSSR count).